The zero-order valence-corrected chi connectivity index (χ0v) is 17.4. The maximum atomic E-state index is 11.2. The van der Waals surface area contributed by atoms with Crippen molar-refractivity contribution in [1.29, 1.82) is 0 Å². The average molecular weight is 419 g/mol. The second-order valence-electron chi connectivity index (χ2n) is 6.32. The lowest BCUT2D eigenvalue weighted by molar-refractivity contribution is 0.212. The van der Waals surface area contributed by atoms with Crippen molar-refractivity contribution in [2.24, 2.45) is 0 Å². The quantitative estimate of drug-likeness (QED) is 0.651. The maximum absolute atomic E-state index is 11.2. The third kappa shape index (κ3) is 6.20. The minimum absolute atomic E-state index is 0.451. The van der Waals surface area contributed by atoms with Crippen LogP contribution in [0.3, 0.4) is 0 Å². The number of hydrogen-bond acceptors (Lipinski definition) is 4. The van der Waals surface area contributed by atoms with E-state index < -0.39 is 20.5 Å². The molecule has 0 saturated heterocycles. The smallest absolute Gasteiger partial charge is 0.229 e. The van der Waals surface area contributed by atoms with E-state index >= 15 is 0 Å². The molecule has 0 saturated carbocycles. The fourth-order valence-electron chi connectivity index (χ4n) is 2.39. The molecule has 0 fully saturated rings. The molecule has 8 heteroatoms. The molecular weight excluding hydrogens is 395 g/mol. The second-order valence-corrected chi connectivity index (χ2v) is 9.13. The Morgan fingerprint density at radius 1 is 1.31 bits per heavy atom. The van der Waals surface area contributed by atoms with E-state index in [1.807, 2.05) is 12.2 Å². The number of benzene rings is 1. The Labute approximate surface area is 165 Å². The highest BCUT2D eigenvalue weighted by molar-refractivity contribution is 7.92. The Morgan fingerprint density at radius 3 is 2.50 bits per heavy atom. The van der Waals surface area contributed by atoms with Crippen LogP contribution in [-0.4, -0.2) is 50.1 Å². The number of halogens is 2. The van der Waals surface area contributed by atoms with Gasteiger partial charge in [-0.1, -0.05) is 30.7 Å². The van der Waals surface area contributed by atoms with Gasteiger partial charge < -0.3 is 9.64 Å². The van der Waals surface area contributed by atoms with E-state index in [0.717, 1.165) is 31.3 Å². The Bertz CT molecular complexity index is 778. The fourth-order valence-corrected chi connectivity index (χ4v) is 3.45. The number of nitrogens with zero attached hydrogens (tertiary/aromatic N) is 1. The number of alkyl halides is 2. The van der Waals surface area contributed by atoms with Crippen molar-refractivity contribution in [3.05, 3.63) is 48.1 Å². The molecule has 144 valence electrons. The molecule has 0 spiro atoms. The third-order valence-electron chi connectivity index (χ3n) is 4.01. The molecule has 0 bridgehead atoms. The number of rotatable bonds is 8. The van der Waals surface area contributed by atoms with Gasteiger partial charge in [-0.2, -0.15) is 0 Å². The van der Waals surface area contributed by atoms with Crippen molar-refractivity contribution >= 4 is 38.9 Å². The first-order valence-corrected chi connectivity index (χ1v) is 11.0. The highest BCUT2D eigenvalue weighted by Crippen LogP contribution is 2.35. The molecular formula is C18H24Cl2N2O3S. The summed E-state index contributed by atoms with van der Waals surface area (Å²) in [6.07, 6.45) is 7.60. The lowest BCUT2D eigenvalue weighted by atomic mass is 10.0. The molecule has 0 aliphatic heterocycles. The third-order valence-corrected chi connectivity index (χ3v) is 5.62. The topological polar surface area (TPSA) is 58.6 Å². The van der Waals surface area contributed by atoms with Crippen LogP contribution < -0.4 is 9.46 Å². The van der Waals surface area contributed by atoms with E-state index in [9.17, 15) is 8.42 Å². The Kier molecular flexibility index (Phi) is 7.02. The normalized spacial score (nSPS) is 23.0. The van der Waals surface area contributed by atoms with Crippen molar-refractivity contribution in [2.75, 3.05) is 31.1 Å². The summed E-state index contributed by atoms with van der Waals surface area (Å²) >= 11 is 13.0. The molecule has 1 aromatic carbocycles. The molecule has 2 unspecified atom stereocenters. The summed E-state index contributed by atoms with van der Waals surface area (Å²) in [5, 5.41) is -1.71. The molecule has 1 aliphatic carbocycles. The van der Waals surface area contributed by atoms with Crippen LogP contribution in [0.15, 0.2) is 48.1 Å². The first-order valence-electron chi connectivity index (χ1n) is 8.29. The highest BCUT2D eigenvalue weighted by atomic mass is 35.5. The van der Waals surface area contributed by atoms with Gasteiger partial charge in [0.05, 0.1) is 6.26 Å². The minimum atomic E-state index is -3.32. The van der Waals surface area contributed by atoms with E-state index in [4.69, 9.17) is 27.9 Å². The maximum Gasteiger partial charge on any atom is 0.229 e. The minimum Gasteiger partial charge on any atom is -0.466 e. The van der Waals surface area contributed by atoms with Crippen molar-refractivity contribution in [3.8, 4) is 5.75 Å². The highest BCUT2D eigenvalue weighted by Gasteiger charge is 2.36. The molecule has 5 nitrogen and oxygen atoms in total. The van der Waals surface area contributed by atoms with Gasteiger partial charge in [0.25, 0.3) is 0 Å². The van der Waals surface area contributed by atoms with Crippen LogP contribution in [0.4, 0.5) is 5.69 Å². The van der Waals surface area contributed by atoms with Crippen LogP contribution in [0.1, 0.15) is 13.3 Å². The second kappa shape index (κ2) is 8.65. The number of sulfonamides is 1. The molecule has 0 amide bonds. The van der Waals surface area contributed by atoms with Gasteiger partial charge in [-0.3, -0.25) is 4.72 Å². The summed E-state index contributed by atoms with van der Waals surface area (Å²) in [5.74, 6) is 0.497. The van der Waals surface area contributed by atoms with Crippen molar-refractivity contribution < 1.29 is 13.2 Å². The molecule has 2 atom stereocenters. The number of ether oxygens (including phenoxy) is 1. The Morgan fingerprint density at radius 2 is 1.96 bits per heavy atom. The predicted molar refractivity (Wildman–Crippen MR) is 109 cm³/mol. The van der Waals surface area contributed by atoms with Crippen LogP contribution in [0, 0.1) is 0 Å². The summed E-state index contributed by atoms with van der Waals surface area (Å²) in [7, 11) is -1.25. The number of hydrogen-bond donors (Lipinski definition) is 1. The lowest BCUT2D eigenvalue weighted by Crippen LogP contribution is -2.38. The van der Waals surface area contributed by atoms with Crippen molar-refractivity contribution in [3.63, 3.8) is 0 Å². The predicted octanol–water partition coefficient (Wildman–Crippen LogP) is 3.82. The SMILES string of the molecule is CCN(C)CCC1=CC(Cl)C(Cl)(Oc2ccc(NS(C)(=O)=O)cc2)C=C1. The average Bonchev–Trinajstić information content (AvgIpc) is 2.56. The number of allylic oxidation sites excluding steroid dienone is 1. The zero-order valence-electron chi connectivity index (χ0n) is 15.1. The van der Waals surface area contributed by atoms with Gasteiger partial charge in [-0.25, -0.2) is 8.42 Å². The van der Waals surface area contributed by atoms with Gasteiger partial charge in [-0.15, -0.1) is 11.6 Å². The first-order chi connectivity index (χ1) is 12.1. The molecule has 1 aromatic rings. The van der Waals surface area contributed by atoms with Crippen LogP contribution in [0.5, 0.6) is 5.75 Å². The Hall–Kier alpha value is -1.21. The largest absolute Gasteiger partial charge is 0.466 e. The summed E-state index contributed by atoms with van der Waals surface area (Å²) < 4.78 is 30.7. The van der Waals surface area contributed by atoms with E-state index in [-0.39, 0.29) is 0 Å². The number of anilines is 1. The molecule has 0 aromatic heterocycles. The molecule has 0 radical (unpaired) electrons. The van der Waals surface area contributed by atoms with Gasteiger partial charge in [0.1, 0.15) is 11.1 Å². The van der Waals surface area contributed by atoms with E-state index in [2.05, 4.69) is 23.6 Å². The van der Waals surface area contributed by atoms with Crippen LogP contribution in [0.25, 0.3) is 0 Å². The van der Waals surface area contributed by atoms with Gasteiger partial charge >= 0.3 is 0 Å². The monoisotopic (exact) mass is 418 g/mol. The Balaban J connectivity index is 2.01. The van der Waals surface area contributed by atoms with Crippen LogP contribution in [-0.2, 0) is 10.0 Å². The standard InChI is InChI=1S/C18H24Cl2N2O3S/c1-4-22(2)12-10-14-9-11-18(20,17(19)13-14)25-16-7-5-15(6-8-16)21-26(3,23)24/h5-9,11,13,17,21H,4,10,12H2,1-3H3. The molecule has 1 aliphatic rings. The molecule has 1 N–H and O–H groups in total. The summed E-state index contributed by atoms with van der Waals surface area (Å²) in [4.78, 5) is 2.23. The number of nitrogens with one attached hydrogen (secondary N) is 1. The molecule has 26 heavy (non-hydrogen) atoms. The van der Waals surface area contributed by atoms with E-state index in [1.54, 1.807) is 30.3 Å². The van der Waals surface area contributed by atoms with Crippen molar-refractivity contribution in [1.82, 2.24) is 4.90 Å². The van der Waals surface area contributed by atoms with E-state index in [0.29, 0.717) is 11.4 Å². The molecule has 0 heterocycles. The zero-order chi connectivity index (χ0) is 19.4. The fraction of sp³-hybridized carbons (Fsp3) is 0.444. The van der Waals surface area contributed by atoms with Crippen molar-refractivity contribution in [2.45, 2.75) is 23.8 Å². The van der Waals surface area contributed by atoms with Gasteiger partial charge in [0.2, 0.25) is 15.1 Å². The first kappa shape index (κ1) is 21.1. The van der Waals surface area contributed by atoms with Crippen LogP contribution >= 0.6 is 23.2 Å². The lowest BCUT2D eigenvalue weighted by Gasteiger charge is -2.31. The summed E-state index contributed by atoms with van der Waals surface area (Å²) in [5.41, 5.74) is 1.57. The molecule has 2 rings (SSSR count). The van der Waals surface area contributed by atoms with Gasteiger partial charge in [0.15, 0.2) is 0 Å². The summed E-state index contributed by atoms with van der Waals surface area (Å²) in [6, 6.07) is 6.50. The summed E-state index contributed by atoms with van der Waals surface area (Å²) in [6.45, 7) is 4.05. The van der Waals surface area contributed by atoms with Gasteiger partial charge in [-0.05, 0) is 55.9 Å². The van der Waals surface area contributed by atoms with Crippen LogP contribution in [0.2, 0.25) is 0 Å². The van der Waals surface area contributed by atoms with Gasteiger partial charge in [0, 0.05) is 12.2 Å². The van der Waals surface area contributed by atoms with E-state index in [1.165, 1.54) is 0 Å².